The second kappa shape index (κ2) is 4.72. The van der Waals surface area contributed by atoms with Crippen LogP contribution in [-0.2, 0) is 6.54 Å². The second-order valence-electron chi connectivity index (χ2n) is 4.35. The van der Waals surface area contributed by atoms with Crippen LogP contribution in [0.1, 0.15) is 32.5 Å². The molecule has 0 aliphatic heterocycles. The minimum absolute atomic E-state index is 0.206. The standard InChI is InChI=1S/C10H19N3O2/c1-7(2)10(4,14)6-11-5-9-12-8(3)15-13-9/h7,11,14H,5-6H2,1-4H3. The van der Waals surface area contributed by atoms with Crippen LogP contribution in [0, 0.1) is 12.8 Å². The molecule has 0 bridgehead atoms. The Morgan fingerprint density at radius 1 is 1.53 bits per heavy atom. The van der Waals surface area contributed by atoms with Crippen LogP contribution in [0.25, 0.3) is 0 Å². The van der Waals surface area contributed by atoms with Gasteiger partial charge in [-0.25, -0.2) is 0 Å². The van der Waals surface area contributed by atoms with Crippen molar-refractivity contribution in [3.05, 3.63) is 11.7 Å². The summed E-state index contributed by atoms with van der Waals surface area (Å²) in [6.07, 6.45) is 0. The quantitative estimate of drug-likeness (QED) is 0.759. The van der Waals surface area contributed by atoms with E-state index in [0.29, 0.717) is 24.8 Å². The summed E-state index contributed by atoms with van der Waals surface area (Å²) in [5, 5.41) is 16.8. The van der Waals surface area contributed by atoms with Crippen LogP contribution in [0.5, 0.6) is 0 Å². The molecule has 0 amide bonds. The van der Waals surface area contributed by atoms with Crippen LogP contribution in [-0.4, -0.2) is 27.4 Å². The lowest BCUT2D eigenvalue weighted by molar-refractivity contribution is 0.0138. The Bertz CT molecular complexity index is 307. The molecule has 0 fully saturated rings. The van der Waals surface area contributed by atoms with Gasteiger partial charge in [-0.15, -0.1) is 0 Å². The van der Waals surface area contributed by atoms with Gasteiger partial charge in [-0.3, -0.25) is 0 Å². The van der Waals surface area contributed by atoms with Crippen LogP contribution in [0.2, 0.25) is 0 Å². The van der Waals surface area contributed by atoms with E-state index in [1.807, 2.05) is 20.8 Å². The minimum Gasteiger partial charge on any atom is -0.389 e. The molecule has 0 aliphatic rings. The molecule has 0 spiro atoms. The van der Waals surface area contributed by atoms with Gasteiger partial charge in [0.05, 0.1) is 12.1 Å². The van der Waals surface area contributed by atoms with Crippen LogP contribution in [0.4, 0.5) is 0 Å². The van der Waals surface area contributed by atoms with Gasteiger partial charge in [0.25, 0.3) is 0 Å². The van der Waals surface area contributed by atoms with Gasteiger partial charge in [-0.05, 0) is 12.8 Å². The Morgan fingerprint density at radius 2 is 2.20 bits per heavy atom. The first-order chi connectivity index (χ1) is 6.92. The molecule has 0 saturated heterocycles. The van der Waals surface area contributed by atoms with Gasteiger partial charge in [0.15, 0.2) is 5.82 Å². The van der Waals surface area contributed by atoms with E-state index in [2.05, 4.69) is 15.5 Å². The van der Waals surface area contributed by atoms with Crippen molar-refractivity contribution >= 4 is 0 Å². The van der Waals surface area contributed by atoms with Gasteiger partial charge in [0.1, 0.15) is 0 Å². The molecule has 5 heteroatoms. The predicted octanol–water partition coefficient (Wildman–Crippen LogP) is 0.875. The highest BCUT2D eigenvalue weighted by Crippen LogP contribution is 2.14. The Morgan fingerprint density at radius 3 is 2.67 bits per heavy atom. The zero-order valence-electron chi connectivity index (χ0n) is 9.74. The molecule has 0 saturated carbocycles. The zero-order valence-corrected chi connectivity index (χ0v) is 9.74. The summed E-state index contributed by atoms with van der Waals surface area (Å²) in [5.41, 5.74) is -0.710. The van der Waals surface area contributed by atoms with E-state index in [0.717, 1.165) is 0 Å². The molecule has 0 aliphatic carbocycles. The Balaban J connectivity index is 2.33. The molecule has 0 radical (unpaired) electrons. The first-order valence-corrected chi connectivity index (χ1v) is 5.14. The maximum Gasteiger partial charge on any atom is 0.223 e. The van der Waals surface area contributed by atoms with E-state index in [1.165, 1.54) is 0 Å². The largest absolute Gasteiger partial charge is 0.389 e. The van der Waals surface area contributed by atoms with E-state index in [9.17, 15) is 5.11 Å². The number of nitrogens with one attached hydrogen (secondary N) is 1. The van der Waals surface area contributed by atoms with Gasteiger partial charge in [0, 0.05) is 13.5 Å². The molecule has 15 heavy (non-hydrogen) atoms. The topological polar surface area (TPSA) is 71.2 Å². The third-order valence-electron chi connectivity index (χ3n) is 2.58. The van der Waals surface area contributed by atoms with Crippen molar-refractivity contribution in [2.24, 2.45) is 5.92 Å². The van der Waals surface area contributed by atoms with E-state index >= 15 is 0 Å². The molecule has 86 valence electrons. The number of hydrogen-bond donors (Lipinski definition) is 2. The van der Waals surface area contributed by atoms with Gasteiger partial charge < -0.3 is 14.9 Å². The monoisotopic (exact) mass is 213 g/mol. The van der Waals surface area contributed by atoms with Gasteiger partial charge in [-0.2, -0.15) is 4.98 Å². The fourth-order valence-corrected chi connectivity index (χ4v) is 1.04. The van der Waals surface area contributed by atoms with Crippen molar-refractivity contribution in [1.82, 2.24) is 15.5 Å². The van der Waals surface area contributed by atoms with Crippen LogP contribution < -0.4 is 5.32 Å². The van der Waals surface area contributed by atoms with Gasteiger partial charge in [0.2, 0.25) is 5.89 Å². The number of nitrogens with zero attached hydrogens (tertiary/aromatic N) is 2. The molecule has 0 aromatic carbocycles. The summed E-state index contributed by atoms with van der Waals surface area (Å²) in [4.78, 5) is 4.05. The fraction of sp³-hybridized carbons (Fsp3) is 0.800. The summed E-state index contributed by atoms with van der Waals surface area (Å²) in [7, 11) is 0. The lowest BCUT2D eigenvalue weighted by Crippen LogP contribution is -2.42. The SMILES string of the molecule is Cc1nc(CNCC(C)(O)C(C)C)no1. The zero-order chi connectivity index (χ0) is 11.5. The average Bonchev–Trinajstić information content (AvgIpc) is 2.51. The molecule has 2 N–H and O–H groups in total. The highest BCUT2D eigenvalue weighted by atomic mass is 16.5. The molecular formula is C10H19N3O2. The lowest BCUT2D eigenvalue weighted by Gasteiger charge is -2.27. The van der Waals surface area contributed by atoms with Crippen molar-refractivity contribution in [3.8, 4) is 0 Å². The Hall–Kier alpha value is -0.940. The Labute approximate surface area is 89.9 Å². The number of aliphatic hydroxyl groups is 1. The highest BCUT2D eigenvalue weighted by Gasteiger charge is 2.24. The van der Waals surface area contributed by atoms with Crippen molar-refractivity contribution < 1.29 is 9.63 Å². The summed E-state index contributed by atoms with van der Waals surface area (Å²) in [6.45, 7) is 8.56. The molecule has 1 aromatic heterocycles. The molecule has 1 rings (SSSR count). The van der Waals surface area contributed by atoms with E-state index < -0.39 is 5.60 Å². The average molecular weight is 213 g/mol. The fourth-order valence-electron chi connectivity index (χ4n) is 1.04. The number of rotatable bonds is 5. The number of hydrogen-bond acceptors (Lipinski definition) is 5. The summed E-state index contributed by atoms with van der Waals surface area (Å²) < 4.78 is 4.83. The van der Waals surface area contributed by atoms with Crippen LogP contribution in [0.15, 0.2) is 4.52 Å². The van der Waals surface area contributed by atoms with E-state index in [-0.39, 0.29) is 5.92 Å². The summed E-state index contributed by atoms with van der Waals surface area (Å²) in [6, 6.07) is 0. The number of aryl methyl sites for hydroxylation is 1. The number of aromatic nitrogens is 2. The van der Waals surface area contributed by atoms with Crippen molar-refractivity contribution in [1.29, 1.82) is 0 Å². The molecule has 1 unspecified atom stereocenters. The lowest BCUT2D eigenvalue weighted by atomic mass is 9.93. The van der Waals surface area contributed by atoms with Gasteiger partial charge >= 0.3 is 0 Å². The van der Waals surface area contributed by atoms with Crippen molar-refractivity contribution in [2.75, 3.05) is 6.54 Å². The third kappa shape index (κ3) is 3.60. The molecule has 1 atom stereocenters. The summed E-state index contributed by atoms with van der Waals surface area (Å²) >= 11 is 0. The highest BCUT2D eigenvalue weighted by molar-refractivity contribution is 4.85. The second-order valence-corrected chi connectivity index (χ2v) is 4.35. The molecule has 1 heterocycles. The minimum atomic E-state index is -0.710. The van der Waals surface area contributed by atoms with Crippen molar-refractivity contribution in [2.45, 2.75) is 39.8 Å². The van der Waals surface area contributed by atoms with E-state index in [4.69, 9.17) is 4.52 Å². The van der Waals surface area contributed by atoms with Gasteiger partial charge in [-0.1, -0.05) is 19.0 Å². The third-order valence-corrected chi connectivity index (χ3v) is 2.58. The van der Waals surface area contributed by atoms with Crippen LogP contribution in [0.3, 0.4) is 0 Å². The normalized spacial score (nSPS) is 15.6. The van der Waals surface area contributed by atoms with Crippen LogP contribution >= 0.6 is 0 Å². The molecular weight excluding hydrogens is 194 g/mol. The van der Waals surface area contributed by atoms with Crippen molar-refractivity contribution in [3.63, 3.8) is 0 Å². The maximum atomic E-state index is 9.95. The molecule has 1 aromatic rings. The summed E-state index contributed by atoms with van der Waals surface area (Å²) in [5.74, 6) is 1.38. The maximum absolute atomic E-state index is 9.95. The Kier molecular flexibility index (Phi) is 3.82. The van der Waals surface area contributed by atoms with E-state index in [1.54, 1.807) is 6.92 Å². The molecule has 5 nitrogen and oxygen atoms in total. The first-order valence-electron chi connectivity index (χ1n) is 5.14. The first kappa shape index (κ1) is 12.1. The smallest absolute Gasteiger partial charge is 0.223 e. The predicted molar refractivity (Wildman–Crippen MR) is 56.2 cm³/mol.